The molecule has 7 nitrogen and oxygen atoms in total. The van der Waals surface area contributed by atoms with E-state index in [4.69, 9.17) is 0 Å². The second kappa shape index (κ2) is 8.39. The molecule has 3 heterocycles. The van der Waals surface area contributed by atoms with E-state index in [2.05, 4.69) is 20.3 Å². The van der Waals surface area contributed by atoms with Gasteiger partial charge in [0, 0.05) is 23.0 Å². The molecule has 1 atom stereocenters. The second-order valence-corrected chi connectivity index (χ2v) is 8.58. The van der Waals surface area contributed by atoms with Gasteiger partial charge in [0.05, 0.1) is 28.3 Å². The van der Waals surface area contributed by atoms with Crippen LogP contribution in [0, 0.1) is 0 Å². The number of benzene rings is 2. The van der Waals surface area contributed by atoms with E-state index < -0.39 is 0 Å². The lowest BCUT2D eigenvalue weighted by atomic mass is 10.1. The van der Waals surface area contributed by atoms with Crippen molar-refractivity contribution in [1.29, 1.82) is 0 Å². The molecule has 3 aromatic heterocycles. The van der Waals surface area contributed by atoms with Crippen molar-refractivity contribution in [2.45, 2.75) is 23.6 Å². The first kappa shape index (κ1) is 20.1. The lowest BCUT2D eigenvalue weighted by Gasteiger charge is -2.16. The molecule has 160 valence electrons. The van der Waals surface area contributed by atoms with E-state index in [1.165, 1.54) is 0 Å². The molecule has 0 saturated heterocycles. The molecule has 0 aliphatic rings. The van der Waals surface area contributed by atoms with Gasteiger partial charge in [0.25, 0.3) is 5.91 Å². The van der Waals surface area contributed by atoms with Crippen molar-refractivity contribution in [1.82, 2.24) is 24.7 Å². The number of carbonyl (C=O) groups is 1. The summed E-state index contributed by atoms with van der Waals surface area (Å²) in [4.78, 5) is 35.6. The molecule has 1 amide bonds. The number of fused-ring (bicyclic) bond motifs is 2. The standard InChI is InChI=1S/C24H21N5O2S/c1-15(16-9-10-19-20(12-16)28-24(31)27-19)25-23(30)18-6-2-3-7-21(18)32-14-17-13-29-11-5-4-8-22(29)26-17/h2-13,15H,14H2,1H3,(H,25,30)(H2,27,28,31). The molecule has 0 spiro atoms. The highest BCUT2D eigenvalue weighted by Crippen LogP contribution is 2.27. The van der Waals surface area contributed by atoms with Crippen molar-refractivity contribution in [3.05, 3.63) is 100 Å². The van der Waals surface area contributed by atoms with Gasteiger partial charge >= 0.3 is 5.69 Å². The summed E-state index contributed by atoms with van der Waals surface area (Å²) in [5, 5.41) is 3.07. The SMILES string of the molecule is CC(NC(=O)c1ccccc1SCc1cn2ccccc2n1)c1ccc2[nH]c(=O)[nH]c2c1. The van der Waals surface area contributed by atoms with E-state index in [1.807, 2.05) is 84.4 Å². The van der Waals surface area contributed by atoms with Crippen molar-refractivity contribution in [3.8, 4) is 0 Å². The number of H-pyrrole nitrogens is 2. The number of hydrogen-bond donors (Lipinski definition) is 3. The van der Waals surface area contributed by atoms with Crippen molar-refractivity contribution < 1.29 is 4.79 Å². The van der Waals surface area contributed by atoms with Crippen LogP contribution in [0.1, 0.15) is 34.6 Å². The molecule has 2 aromatic carbocycles. The third-order valence-corrected chi connectivity index (χ3v) is 6.42. The number of carbonyl (C=O) groups excluding carboxylic acids is 1. The molecular formula is C24H21N5O2S. The fourth-order valence-electron chi connectivity index (χ4n) is 3.67. The maximum Gasteiger partial charge on any atom is 0.323 e. The molecule has 0 fully saturated rings. The first-order valence-corrected chi connectivity index (χ1v) is 11.2. The average Bonchev–Trinajstić information content (AvgIpc) is 3.39. The molecular weight excluding hydrogens is 422 g/mol. The summed E-state index contributed by atoms with van der Waals surface area (Å²) >= 11 is 1.59. The largest absolute Gasteiger partial charge is 0.345 e. The molecule has 0 aliphatic carbocycles. The molecule has 0 bridgehead atoms. The van der Waals surface area contributed by atoms with E-state index in [1.54, 1.807) is 11.8 Å². The van der Waals surface area contributed by atoms with Gasteiger partial charge < -0.3 is 19.7 Å². The normalized spacial score (nSPS) is 12.3. The van der Waals surface area contributed by atoms with Crippen LogP contribution in [0.25, 0.3) is 16.7 Å². The number of hydrogen-bond acceptors (Lipinski definition) is 4. The van der Waals surface area contributed by atoms with Gasteiger partial charge in [0.15, 0.2) is 0 Å². The molecule has 0 saturated carbocycles. The highest BCUT2D eigenvalue weighted by molar-refractivity contribution is 7.98. The summed E-state index contributed by atoms with van der Waals surface area (Å²) in [6.07, 6.45) is 3.98. The lowest BCUT2D eigenvalue weighted by Crippen LogP contribution is -2.27. The number of thioether (sulfide) groups is 1. The number of aromatic nitrogens is 4. The van der Waals surface area contributed by atoms with Crippen molar-refractivity contribution in [2.24, 2.45) is 0 Å². The highest BCUT2D eigenvalue weighted by atomic mass is 32.2. The topological polar surface area (TPSA) is 95.1 Å². The quantitative estimate of drug-likeness (QED) is 0.341. The zero-order valence-electron chi connectivity index (χ0n) is 17.3. The summed E-state index contributed by atoms with van der Waals surface area (Å²) in [6.45, 7) is 1.93. The van der Waals surface area contributed by atoms with Crippen LogP contribution in [-0.4, -0.2) is 25.3 Å². The van der Waals surface area contributed by atoms with Crippen LogP contribution in [0.3, 0.4) is 0 Å². The number of amides is 1. The van der Waals surface area contributed by atoms with E-state index in [0.29, 0.717) is 11.3 Å². The molecule has 8 heteroatoms. The van der Waals surface area contributed by atoms with Crippen LogP contribution in [0.15, 0.2) is 82.7 Å². The Balaban J connectivity index is 1.31. The Bertz CT molecular complexity index is 1450. The summed E-state index contributed by atoms with van der Waals surface area (Å²) in [7, 11) is 0. The van der Waals surface area contributed by atoms with E-state index in [-0.39, 0.29) is 17.6 Å². The summed E-state index contributed by atoms with van der Waals surface area (Å²) in [6, 6.07) is 18.9. The summed E-state index contributed by atoms with van der Waals surface area (Å²) in [5.74, 6) is 0.525. The van der Waals surface area contributed by atoms with Gasteiger partial charge in [-0.25, -0.2) is 9.78 Å². The van der Waals surface area contributed by atoms with Gasteiger partial charge in [-0.3, -0.25) is 4.79 Å². The Kier molecular flexibility index (Phi) is 5.28. The summed E-state index contributed by atoms with van der Waals surface area (Å²) in [5.41, 5.74) is 4.62. The van der Waals surface area contributed by atoms with Gasteiger partial charge in [-0.15, -0.1) is 11.8 Å². The Hall–Kier alpha value is -3.78. The lowest BCUT2D eigenvalue weighted by molar-refractivity contribution is 0.0937. The van der Waals surface area contributed by atoms with Crippen LogP contribution < -0.4 is 11.0 Å². The fourth-order valence-corrected chi connectivity index (χ4v) is 4.60. The molecule has 1 unspecified atom stereocenters. The van der Waals surface area contributed by atoms with Crippen LogP contribution in [0.5, 0.6) is 0 Å². The van der Waals surface area contributed by atoms with Gasteiger partial charge in [-0.2, -0.15) is 0 Å². The minimum Gasteiger partial charge on any atom is -0.345 e. The molecule has 5 aromatic rings. The Morgan fingerprint density at radius 3 is 2.78 bits per heavy atom. The predicted octanol–water partition coefficient (Wildman–Crippen LogP) is 4.29. The second-order valence-electron chi connectivity index (χ2n) is 7.56. The fraction of sp³-hybridized carbons (Fsp3) is 0.125. The first-order chi connectivity index (χ1) is 15.6. The zero-order chi connectivity index (χ0) is 22.1. The Labute approximate surface area is 187 Å². The number of rotatable bonds is 6. The van der Waals surface area contributed by atoms with Crippen LogP contribution in [0.2, 0.25) is 0 Å². The number of pyridine rings is 1. The van der Waals surface area contributed by atoms with E-state index in [9.17, 15) is 9.59 Å². The van der Waals surface area contributed by atoms with Gasteiger partial charge in [0.1, 0.15) is 5.65 Å². The summed E-state index contributed by atoms with van der Waals surface area (Å²) < 4.78 is 1.99. The third kappa shape index (κ3) is 4.04. The van der Waals surface area contributed by atoms with Crippen LogP contribution >= 0.6 is 11.8 Å². The van der Waals surface area contributed by atoms with Gasteiger partial charge in [-0.05, 0) is 48.9 Å². The maximum absolute atomic E-state index is 13.1. The van der Waals surface area contributed by atoms with Gasteiger partial charge in [-0.1, -0.05) is 24.3 Å². The van der Waals surface area contributed by atoms with Crippen LogP contribution in [0.4, 0.5) is 0 Å². The third-order valence-electron chi connectivity index (χ3n) is 5.31. The van der Waals surface area contributed by atoms with Crippen molar-refractivity contribution in [3.63, 3.8) is 0 Å². The number of nitrogens with zero attached hydrogens (tertiary/aromatic N) is 2. The monoisotopic (exact) mass is 443 g/mol. The predicted molar refractivity (Wildman–Crippen MR) is 126 cm³/mol. The van der Waals surface area contributed by atoms with Crippen molar-refractivity contribution >= 4 is 34.3 Å². The number of aromatic amines is 2. The Morgan fingerprint density at radius 1 is 1.09 bits per heavy atom. The smallest absolute Gasteiger partial charge is 0.323 e. The molecule has 3 N–H and O–H groups in total. The first-order valence-electron chi connectivity index (χ1n) is 10.2. The Morgan fingerprint density at radius 2 is 1.91 bits per heavy atom. The number of nitrogens with one attached hydrogen (secondary N) is 3. The van der Waals surface area contributed by atoms with E-state index in [0.717, 1.165) is 32.8 Å². The highest BCUT2D eigenvalue weighted by Gasteiger charge is 2.16. The minimum absolute atomic E-state index is 0.140. The molecule has 0 radical (unpaired) electrons. The van der Waals surface area contributed by atoms with Gasteiger partial charge in [0.2, 0.25) is 0 Å². The molecule has 32 heavy (non-hydrogen) atoms. The zero-order valence-corrected chi connectivity index (χ0v) is 18.1. The molecule has 0 aliphatic heterocycles. The van der Waals surface area contributed by atoms with Crippen molar-refractivity contribution in [2.75, 3.05) is 0 Å². The molecule has 5 rings (SSSR count). The minimum atomic E-state index is -0.245. The maximum atomic E-state index is 13.1. The van der Waals surface area contributed by atoms with Crippen LogP contribution in [-0.2, 0) is 5.75 Å². The van der Waals surface area contributed by atoms with E-state index >= 15 is 0 Å². The number of imidazole rings is 2. The average molecular weight is 444 g/mol.